The van der Waals surface area contributed by atoms with E-state index in [1.54, 1.807) is 0 Å². The Balaban J connectivity index is 1.95. The standard InChI is InChI=1S/C17H22BrNO/c1-10-7-11(9-17(2,3)8-10)14-12-5-4-6-13(18)15(12)19-16(14)20/h4-6,10-11,14H,7-9H2,1-3H3,(H,19,20). The lowest BCUT2D eigenvalue weighted by atomic mass is 9.64. The van der Waals surface area contributed by atoms with E-state index < -0.39 is 0 Å². The first-order chi connectivity index (χ1) is 9.37. The van der Waals surface area contributed by atoms with Gasteiger partial charge in [0, 0.05) is 4.47 Å². The maximum atomic E-state index is 12.5. The molecule has 3 unspecified atom stereocenters. The van der Waals surface area contributed by atoms with Crippen molar-refractivity contribution in [1.29, 1.82) is 0 Å². The minimum absolute atomic E-state index is 0.0320. The molecule has 0 spiro atoms. The van der Waals surface area contributed by atoms with Crippen molar-refractivity contribution >= 4 is 27.5 Å². The van der Waals surface area contributed by atoms with Gasteiger partial charge in [0.15, 0.2) is 0 Å². The summed E-state index contributed by atoms with van der Waals surface area (Å²) in [7, 11) is 0. The molecule has 2 nitrogen and oxygen atoms in total. The van der Waals surface area contributed by atoms with Gasteiger partial charge in [0.1, 0.15) is 0 Å². The number of fused-ring (bicyclic) bond motifs is 1. The molecule has 1 amide bonds. The second-order valence-electron chi connectivity index (χ2n) is 7.34. The summed E-state index contributed by atoms with van der Waals surface area (Å²) < 4.78 is 0.994. The van der Waals surface area contributed by atoms with Crippen LogP contribution in [0.25, 0.3) is 0 Å². The fourth-order valence-electron chi connectivity index (χ4n) is 4.42. The molecule has 20 heavy (non-hydrogen) atoms. The molecule has 1 saturated carbocycles. The monoisotopic (exact) mass is 335 g/mol. The zero-order valence-corrected chi connectivity index (χ0v) is 14.0. The molecule has 0 saturated heterocycles. The smallest absolute Gasteiger partial charge is 0.232 e. The molecular formula is C17H22BrNO. The van der Waals surface area contributed by atoms with E-state index in [9.17, 15) is 4.79 Å². The number of hydrogen-bond acceptors (Lipinski definition) is 1. The summed E-state index contributed by atoms with van der Waals surface area (Å²) in [5, 5.41) is 3.07. The number of anilines is 1. The number of benzene rings is 1. The molecule has 1 aliphatic carbocycles. The van der Waals surface area contributed by atoms with Crippen molar-refractivity contribution in [2.75, 3.05) is 5.32 Å². The maximum absolute atomic E-state index is 12.5. The summed E-state index contributed by atoms with van der Waals surface area (Å²) >= 11 is 3.55. The average Bonchev–Trinajstić information content (AvgIpc) is 2.64. The molecule has 1 fully saturated rings. The highest BCUT2D eigenvalue weighted by Gasteiger charge is 2.43. The molecule has 1 heterocycles. The van der Waals surface area contributed by atoms with Crippen LogP contribution < -0.4 is 5.32 Å². The largest absolute Gasteiger partial charge is 0.324 e. The highest BCUT2D eigenvalue weighted by atomic mass is 79.9. The summed E-state index contributed by atoms with van der Waals surface area (Å²) in [6, 6.07) is 6.14. The number of halogens is 1. The summed E-state index contributed by atoms with van der Waals surface area (Å²) in [4.78, 5) is 12.5. The lowest BCUT2D eigenvalue weighted by Crippen LogP contribution is -2.33. The highest BCUT2D eigenvalue weighted by Crippen LogP contribution is 2.50. The lowest BCUT2D eigenvalue weighted by molar-refractivity contribution is -0.118. The Hall–Kier alpha value is -0.830. The highest BCUT2D eigenvalue weighted by molar-refractivity contribution is 9.10. The van der Waals surface area contributed by atoms with Gasteiger partial charge in [-0.05, 0) is 64.1 Å². The van der Waals surface area contributed by atoms with Crippen molar-refractivity contribution in [3.8, 4) is 0 Å². The van der Waals surface area contributed by atoms with Gasteiger partial charge in [0.25, 0.3) is 0 Å². The molecule has 1 aromatic carbocycles. The number of para-hydroxylation sites is 1. The van der Waals surface area contributed by atoms with Crippen LogP contribution >= 0.6 is 15.9 Å². The zero-order valence-electron chi connectivity index (χ0n) is 12.4. The molecule has 0 aromatic heterocycles. The van der Waals surface area contributed by atoms with Crippen molar-refractivity contribution in [2.45, 2.75) is 46.0 Å². The van der Waals surface area contributed by atoms with Crippen LogP contribution in [0.3, 0.4) is 0 Å². The molecular weight excluding hydrogens is 314 g/mol. The minimum atomic E-state index is 0.0320. The summed E-state index contributed by atoms with van der Waals surface area (Å²) in [5.74, 6) is 1.38. The lowest BCUT2D eigenvalue weighted by Gasteiger charge is -2.41. The van der Waals surface area contributed by atoms with Gasteiger partial charge in [0.2, 0.25) is 5.91 Å². The van der Waals surface area contributed by atoms with Crippen LogP contribution in [-0.4, -0.2) is 5.91 Å². The Kier molecular flexibility index (Phi) is 3.44. The predicted octanol–water partition coefficient (Wildman–Crippen LogP) is 4.95. The van der Waals surface area contributed by atoms with Crippen LogP contribution in [0.15, 0.2) is 22.7 Å². The third kappa shape index (κ3) is 2.41. The predicted molar refractivity (Wildman–Crippen MR) is 85.8 cm³/mol. The van der Waals surface area contributed by atoms with Crippen LogP contribution in [0.4, 0.5) is 5.69 Å². The Morgan fingerprint density at radius 2 is 2.05 bits per heavy atom. The van der Waals surface area contributed by atoms with E-state index in [1.807, 2.05) is 12.1 Å². The van der Waals surface area contributed by atoms with E-state index in [0.29, 0.717) is 17.3 Å². The van der Waals surface area contributed by atoms with E-state index in [4.69, 9.17) is 0 Å². The van der Waals surface area contributed by atoms with Gasteiger partial charge in [-0.1, -0.05) is 32.9 Å². The first kappa shape index (κ1) is 14.1. The van der Waals surface area contributed by atoms with Gasteiger partial charge >= 0.3 is 0 Å². The van der Waals surface area contributed by atoms with Crippen LogP contribution in [0.5, 0.6) is 0 Å². The molecule has 1 aromatic rings. The quantitative estimate of drug-likeness (QED) is 0.773. The molecule has 2 aliphatic rings. The fourth-order valence-corrected chi connectivity index (χ4v) is 4.90. The number of amides is 1. The van der Waals surface area contributed by atoms with Crippen molar-refractivity contribution in [1.82, 2.24) is 0 Å². The molecule has 0 radical (unpaired) electrons. The van der Waals surface area contributed by atoms with Gasteiger partial charge < -0.3 is 5.32 Å². The average molecular weight is 336 g/mol. The van der Waals surface area contributed by atoms with Gasteiger partial charge in [0.05, 0.1) is 11.6 Å². The Labute approximate surface area is 129 Å². The molecule has 0 bridgehead atoms. The summed E-state index contributed by atoms with van der Waals surface area (Å²) in [5.41, 5.74) is 2.51. The molecule has 3 heteroatoms. The second kappa shape index (κ2) is 4.87. The van der Waals surface area contributed by atoms with Crippen LogP contribution in [-0.2, 0) is 4.79 Å². The van der Waals surface area contributed by atoms with E-state index in [1.165, 1.54) is 12.0 Å². The fraction of sp³-hybridized carbons (Fsp3) is 0.588. The maximum Gasteiger partial charge on any atom is 0.232 e. The van der Waals surface area contributed by atoms with E-state index >= 15 is 0 Å². The van der Waals surface area contributed by atoms with Crippen LogP contribution in [0, 0.1) is 17.3 Å². The SMILES string of the molecule is CC1CC(C2C(=O)Nc3c(Br)cccc32)CC(C)(C)C1. The molecule has 1 aliphatic heterocycles. The van der Waals surface area contributed by atoms with E-state index in [2.05, 4.69) is 48.1 Å². The van der Waals surface area contributed by atoms with E-state index in [-0.39, 0.29) is 11.8 Å². The molecule has 3 rings (SSSR count). The van der Waals surface area contributed by atoms with Gasteiger partial charge in [-0.2, -0.15) is 0 Å². The van der Waals surface area contributed by atoms with Crippen molar-refractivity contribution in [3.05, 3.63) is 28.2 Å². The third-order valence-corrected chi connectivity index (χ3v) is 5.46. The van der Waals surface area contributed by atoms with Crippen LogP contribution in [0.2, 0.25) is 0 Å². The number of hydrogen-bond donors (Lipinski definition) is 1. The summed E-state index contributed by atoms with van der Waals surface area (Å²) in [6.07, 6.45) is 3.57. The zero-order chi connectivity index (χ0) is 14.5. The second-order valence-corrected chi connectivity index (χ2v) is 8.20. The minimum Gasteiger partial charge on any atom is -0.324 e. The summed E-state index contributed by atoms with van der Waals surface area (Å²) in [6.45, 7) is 7.00. The Morgan fingerprint density at radius 1 is 1.30 bits per heavy atom. The Morgan fingerprint density at radius 3 is 2.75 bits per heavy atom. The number of nitrogens with one attached hydrogen (secondary N) is 1. The van der Waals surface area contributed by atoms with Gasteiger partial charge in [-0.25, -0.2) is 0 Å². The number of rotatable bonds is 1. The van der Waals surface area contributed by atoms with Gasteiger partial charge in [-0.15, -0.1) is 0 Å². The normalized spacial score (nSPS) is 31.8. The first-order valence-corrected chi connectivity index (χ1v) is 8.26. The van der Waals surface area contributed by atoms with Crippen molar-refractivity contribution in [2.24, 2.45) is 17.3 Å². The number of carbonyl (C=O) groups excluding carboxylic acids is 1. The first-order valence-electron chi connectivity index (χ1n) is 7.47. The van der Waals surface area contributed by atoms with Crippen LogP contribution in [0.1, 0.15) is 51.5 Å². The number of carbonyl (C=O) groups is 1. The molecule has 3 atom stereocenters. The molecule has 1 N–H and O–H groups in total. The third-order valence-electron chi connectivity index (χ3n) is 4.80. The van der Waals surface area contributed by atoms with E-state index in [0.717, 1.165) is 23.0 Å². The van der Waals surface area contributed by atoms with Crippen molar-refractivity contribution in [3.63, 3.8) is 0 Å². The Bertz CT molecular complexity index is 552. The topological polar surface area (TPSA) is 29.1 Å². The molecule has 108 valence electrons. The van der Waals surface area contributed by atoms with Crippen molar-refractivity contribution < 1.29 is 4.79 Å². The van der Waals surface area contributed by atoms with Gasteiger partial charge in [-0.3, -0.25) is 4.79 Å².